The minimum atomic E-state index is -0.780. The van der Waals surface area contributed by atoms with Crippen molar-refractivity contribution in [2.75, 3.05) is 10.6 Å². The van der Waals surface area contributed by atoms with Gasteiger partial charge in [0, 0.05) is 15.7 Å². The van der Waals surface area contributed by atoms with Gasteiger partial charge in [-0.2, -0.15) is 5.26 Å². The zero-order valence-corrected chi connectivity index (χ0v) is 19.8. The lowest BCUT2D eigenvalue weighted by molar-refractivity contribution is -0.119. The molecular formula is C22H21BrN6O2S. The van der Waals surface area contributed by atoms with Gasteiger partial charge in [-0.25, -0.2) is 4.79 Å². The second-order valence-electron chi connectivity index (χ2n) is 7.07. The highest BCUT2D eigenvalue weighted by atomic mass is 79.9. The molecule has 2 unspecified atom stereocenters. The van der Waals surface area contributed by atoms with Crippen molar-refractivity contribution in [1.82, 2.24) is 15.5 Å². The number of aromatic nitrogens is 2. The molecule has 164 valence electrons. The number of carbonyl (C=O) groups is 2. The van der Waals surface area contributed by atoms with Crippen molar-refractivity contribution in [3.63, 3.8) is 0 Å². The molecule has 1 heterocycles. The summed E-state index contributed by atoms with van der Waals surface area (Å²) in [5, 5.41) is 26.4. The Kier molecular flexibility index (Phi) is 7.92. The number of amides is 3. The third kappa shape index (κ3) is 6.12. The molecule has 3 rings (SSSR count). The van der Waals surface area contributed by atoms with E-state index in [1.54, 1.807) is 24.3 Å². The Bertz CT molecular complexity index is 1160. The Morgan fingerprint density at radius 2 is 1.94 bits per heavy atom. The molecule has 3 aromatic rings. The fourth-order valence-corrected chi connectivity index (χ4v) is 4.01. The lowest BCUT2D eigenvalue weighted by atomic mass is 9.98. The summed E-state index contributed by atoms with van der Waals surface area (Å²) in [5.41, 5.74) is 1.78. The number of hydrogen-bond acceptors (Lipinski definition) is 6. The van der Waals surface area contributed by atoms with Crippen molar-refractivity contribution in [3.05, 3.63) is 58.6 Å². The number of hydrogen-bond donors (Lipinski definition) is 3. The van der Waals surface area contributed by atoms with Crippen LogP contribution in [0.15, 0.2) is 53.0 Å². The van der Waals surface area contributed by atoms with E-state index in [0.29, 0.717) is 27.8 Å². The minimum Gasteiger partial charge on any atom is -0.326 e. The van der Waals surface area contributed by atoms with Crippen molar-refractivity contribution < 1.29 is 9.59 Å². The van der Waals surface area contributed by atoms with Crippen LogP contribution in [0.5, 0.6) is 0 Å². The zero-order valence-electron chi connectivity index (χ0n) is 17.4. The third-order valence-corrected chi connectivity index (χ3v) is 6.14. The lowest BCUT2D eigenvalue weighted by Crippen LogP contribution is -2.49. The van der Waals surface area contributed by atoms with Gasteiger partial charge in [-0.1, -0.05) is 65.7 Å². The van der Waals surface area contributed by atoms with Crippen LogP contribution in [0.3, 0.4) is 0 Å². The number of urea groups is 1. The molecule has 0 bridgehead atoms. The predicted octanol–water partition coefficient (Wildman–Crippen LogP) is 5.01. The highest BCUT2D eigenvalue weighted by molar-refractivity contribution is 9.10. The molecule has 1 aromatic heterocycles. The van der Waals surface area contributed by atoms with E-state index in [9.17, 15) is 9.59 Å². The molecule has 8 nitrogen and oxygen atoms in total. The van der Waals surface area contributed by atoms with Gasteiger partial charge in [0.1, 0.15) is 11.0 Å². The molecule has 0 aliphatic rings. The summed E-state index contributed by atoms with van der Waals surface area (Å²) >= 11 is 4.68. The third-order valence-electron chi connectivity index (χ3n) is 4.76. The van der Waals surface area contributed by atoms with Gasteiger partial charge in [0.25, 0.3) is 0 Å². The van der Waals surface area contributed by atoms with E-state index < -0.39 is 12.1 Å². The molecule has 2 atom stereocenters. The first kappa shape index (κ1) is 23.4. The molecule has 0 aliphatic heterocycles. The van der Waals surface area contributed by atoms with Crippen molar-refractivity contribution in [2.45, 2.75) is 26.3 Å². The maximum Gasteiger partial charge on any atom is 0.319 e. The van der Waals surface area contributed by atoms with Gasteiger partial charge in [-0.3, -0.25) is 10.1 Å². The molecule has 0 saturated heterocycles. The monoisotopic (exact) mass is 512 g/mol. The summed E-state index contributed by atoms with van der Waals surface area (Å²) in [5.74, 6) is -0.499. The number of halogens is 1. The first-order valence-electron chi connectivity index (χ1n) is 9.87. The van der Waals surface area contributed by atoms with Crippen LogP contribution in [0.2, 0.25) is 0 Å². The van der Waals surface area contributed by atoms with Crippen LogP contribution in [-0.2, 0) is 4.79 Å². The van der Waals surface area contributed by atoms with E-state index in [0.717, 1.165) is 10.0 Å². The minimum absolute atomic E-state index is 0.122. The maximum atomic E-state index is 12.9. The molecule has 0 saturated carbocycles. The number of carbonyl (C=O) groups excluding carboxylic acids is 2. The Morgan fingerprint density at radius 1 is 1.16 bits per heavy atom. The molecule has 2 aromatic carbocycles. The first-order valence-corrected chi connectivity index (χ1v) is 11.5. The molecule has 0 fully saturated rings. The molecule has 3 N–H and O–H groups in total. The van der Waals surface area contributed by atoms with Gasteiger partial charge in [0.15, 0.2) is 0 Å². The van der Waals surface area contributed by atoms with E-state index >= 15 is 0 Å². The highest BCUT2D eigenvalue weighted by Gasteiger charge is 2.27. The number of nitrogens with one attached hydrogen (secondary N) is 3. The van der Waals surface area contributed by atoms with Crippen molar-refractivity contribution in [1.29, 1.82) is 5.26 Å². The van der Waals surface area contributed by atoms with Crippen LogP contribution in [-0.4, -0.2) is 28.2 Å². The van der Waals surface area contributed by atoms with Crippen molar-refractivity contribution in [2.24, 2.45) is 5.92 Å². The highest BCUT2D eigenvalue weighted by Crippen LogP contribution is 2.28. The molecule has 3 amide bonds. The van der Waals surface area contributed by atoms with E-state index in [4.69, 9.17) is 5.26 Å². The summed E-state index contributed by atoms with van der Waals surface area (Å²) in [4.78, 5) is 25.4. The molecule has 0 spiro atoms. The van der Waals surface area contributed by atoms with Crippen LogP contribution >= 0.6 is 27.3 Å². The zero-order chi connectivity index (χ0) is 23.1. The normalized spacial score (nSPS) is 12.3. The topological polar surface area (TPSA) is 120 Å². The molecule has 10 heteroatoms. The van der Waals surface area contributed by atoms with Gasteiger partial charge >= 0.3 is 6.03 Å². The Labute approximate surface area is 198 Å². The standard InChI is InChI=1S/C22H21BrN6O2S/c1-3-13(2)18(26-21(31)25-17-9-4-6-14(10-17)12-24)19(30)27-22-29-28-20(32-22)15-7-5-8-16(23)11-15/h4-11,13,18H,3H2,1-2H3,(H2,25,26,31)(H,27,29,30). The second-order valence-corrected chi connectivity index (χ2v) is 8.96. The van der Waals surface area contributed by atoms with Crippen LogP contribution in [0.25, 0.3) is 10.6 Å². The fraction of sp³-hybridized carbons (Fsp3) is 0.227. The van der Waals surface area contributed by atoms with Crippen LogP contribution in [0.4, 0.5) is 15.6 Å². The smallest absolute Gasteiger partial charge is 0.319 e. The molecule has 0 aliphatic carbocycles. The van der Waals surface area contributed by atoms with Gasteiger partial charge in [0.05, 0.1) is 11.6 Å². The Balaban J connectivity index is 1.68. The number of nitrogens with zero attached hydrogens (tertiary/aromatic N) is 3. The quantitative estimate of drug-likeness (QED) is 0.410. The average molecular weight is 513 g/mol. The summed E-state index contributed by atoms with van der Waals surface area (Å²) < 4.78 is 0.920. The molecular weight excluding hydrogens is 492 g/mol. The number of benzene rings is 2. The Morgan fingerprint density at radius 3 is 2.66 bits per heavy atom. The molecule has 0 radical (unpaired) electrons. The summed E-state index contributed by atoms with van der Waals surface area (Å²) in [6.07, 6.45) is 0.682. The lowest BCUT2D eigenvalue weighted by Gasteiger charge is -2.23. The van der Waals surface area contributed by atoms with Gasteiger partial charge in [0.2, 0.25) is 11.0 Å². The number of nitriles is 1. The number of rotatable bonds is 7. The summed E-state index contributed by atoms with van der Waals surface area (Å²) in [6, 6.07) is 14.9. The van der Waals surface area contributed by atoms with Crippen molar-refractivity contribution in [3.8, 4) is 16.6 Å². The maximum absolute atomic E-state index is 12.9. The van der Waals surface area contributed by atoms with E-state index in [1.807, 2.05) is 44.2 Å². The fourth-order valence-electron chi connectivity index (χ4n) is 2.87. The molecule has 32 heavy (non-hydrogen) atoms. The summed E-state index contributed by atoms with van der Waals surface area (Å²) in [6.45, 7) is 3.82. The van der Waals surface area contributed by atoms with E-state index in [-0.39, 0.29) is 11.8 Å². The van der Waals surface area contributed by atoms with Crippen LogP contribution in [0.1, 0.15) is 25.8 Å². The van der Waals surface area contributed by atoms with E-state index in [1.165, 1.54) is 11.3 Å². The van der Waals surface area contributed by atoms with E-state index in [2.05, 4.69) is 42.1 Å². The van der Waals surface area contributed by atoms with Crippen LogP contribution < -0.4 is 16.0 Å². The largest absolute Gasteiger partial charge is 0.326 e. The summed E-state index contributed by atoms with van der Waals surface area (Å²) in [7, 11) is 0. The van der Waals surface area contributed by atoms with Crippen LogP contribution in [0, 0.1) is 17.2 Å². The SMILES string of the molecule is CCC(C)C(NC(=O)Nc1cccc(C#N)c1)C(=O)Nc1nnc(-c2cccc(Br)c2)s1. The second kappa shape index (κ2) is 10.8. The average Bonchev–Trinajstić information content (AvgIpc) is 3.25. The predicted molar refractivity (Wildman–Crippen MR) is 128 cm³/mol. The van der Waals surface area contributed by atoms with Gasteiger partial charge in [-0.15, -0.1) is 10.2 Å². The van der Waals surface area contributed by atoms with Gasteiger partial charge < -0.3 is 10.6 Å². The van der Waals surface area contributed by atoms with Crippen molar-refractivity contribution >= 4 is 50.0 Å². The Hall–Kier alpha value is -3.29. The first-order chi connectivity index (χ1) is 15.4. The number of anilines is 2. The van der Waals surface area contributed by atoms with Gasteiger partial charge in [-0.05, 0) is 36.2 Å².